The number of anilines is 1. The van der Waals surface area contributed by atoms with Gasteiger partial charge in [-0.2, -0.15) is 0 Å². The third-order valence-corrected chi connectivity index (χ3v) is 4.00. The molecule has 0 radical (unpaired) electrons. The van der Waals surface area contributed by atoms with E-state index in [9.17, 15) is 0 Å². The van der Waals surface area contributed by atoms with Crippen molar-refractivity contribution in [2.75, 3.05) is 18.0 Å². The van der Waals surface area contributed by atoms with Crippen LogP contribution in [0.2, 0.25) is 0 Å². The number of alkyl halides is 1. The molecule has 0 aliphatic heterocycles. The van der Waals surface area contributed by atoms with Crippen LogP contribution in [0.4, 0.5) is 5.82 Å². The van der Waals surface area contributed by atoms with Crippen LogP contribution in [0.1, 0.15) is 31.7 Å². The Labute approximate surface area is 106 Å². The number of nitrogens with zero attached hydrogens (tertiary/aromatic N) is 2. The van der Waals surface area contributed by atoms with E-state index in [0.29, 0.717) is 0 Å². The maximum absolute atomic E-state index is 4.53. The Morgan fingerprint density at radius 2 is 2.31 bits per heavy atom. The van der Waals surface area contributed by atoms with E-state index >= 15 is 0 Å². The zero-order valence-electron chi connectivity index (χ0n) is 9.82. The lowest BCUT2D eigenvalue weighted by Crippen LogP contribution is -2.33. The molecule has 1 aliphatic carbocycles. The van der Waals surface area contributed by atoms with Crippen molar-refractivity contribution in [3.05, 3.63) is 23.9 Å². The highest BCUT2D eigenvalue weighted by Crippen LogP contribution is 2.29. The molecule has 2 rings (SSSR count). The van der Waals surface area contributed by atoms with Gasteiger partial charge in [0.1, 0.15) is 5.82 Å². The van der Waals surface area contributed by atoms with Gasteiger partial charge in [0.25, 0.3) is 0 Å². The minimum Gasteiger partial charge on any atom is -0.356 e. The maximum atomic E-state index is 4.53. The van der Waals surface area contributed by atoms with Gasteiger partial charge in [-0.25, -0.2) is 4.98 Å². The topological polar surface area (TPSA) is 16.1 Å². The Morgan fingerprint density at radius 3 is 2.88 bits per heavy atom. The van der Waals surface area contributed by atoms with Crippen molar-refractivity contribution in [2.45, 2.75) is 31.5 Å². The molecular formula is C13H19BrN2. The molecule has 3 heteroatoms. The van der Waals surface area contributed by atoms with Gasteiger partial charge in [0.05, 0.1) is 0 Å². The molecule has 0 aromatic carbocycles. The van der Waals surface area contributed by atoms with E-state index in [-0.39, 0.29) is 0 Å². The van der Waals surface area contributed by atoms with Crippen LogP contribution in [-0.4, -0.2) is 18.1 Å². The summed E-state index contributed by atoms with van der Waals surface area (Å²) in [6.45, 7) is 4.44. The summed E-state index contributed by atoms with van der Waals surface area (Å²) in [5.41, 5.74) is 1.30. The Hall–Kier alpha value is -0.570. The smallest absolute Gasteiger partial charge is 0.132 e. The zero-order chi connectivity index (χ0) is 11.4. The summed E-state index contributed by atoms with van der Waals surface area (Å²) in [7, 11) is 0. The monoisotopic (exact) mass is 282 g/mol. The molecule has 1 aromatic rings. The summed E-state index contributed by atoms with van der Waals surface area (Å²) in [6.07, 6.45) is 6.10. The highest BCUT2D eigenvalue weighted by molar-refractivity contribution is 9.08. The van der Waals surface area contributed by atoms with E-state index in [2.05, 4.69) is 38.8 Å². The van der Waals surface area contributed by atoms with E-state index in [1.54, 1.807) is 0 Å². The molecule has 1 saturated carbocycles. The molecule has 1 heterocycles. The van der Waals surface area contributed by atoms with Crippen LogP contribution in [0.25, 0.3) is 0 Å². The fourth-order valence-electron chi connectivity index (χ4n) is 2.17. The van der Waals surface area contributed by atoms with Crippen LogP contribution in [-0.2, 0) is 5.33 Å². The van der Waals surface area contributed by atoms with Crippen LogP contribution < -0.4 is 4.90 Å². The third kappa shape index (κ3) is 2.57. The normalized spacial score (nSPS) is 15.9. The highest BCUT2D eigenvalue weighted by Gasteiger charge is 2.21. The standard InChI is InChI=1S/C13H19BrN2/c1-2-16(10-11-5-3-6-11)13-12(9-14)7-4-8-15-13/h4,7-8,11H,2-3,5-6,9-10H2,1H3. The molecule has 1 aromatic heterocycles. The van der Waals surface area contributed by atoms with Crippen LogP contribution in [0.5, 0.6) is 0 Å². The van der Waals surface area contributed by atoms with E-state index in [4.69, 9.17) is 0 Å². The molecule has 1 fully saturated rings. The van der Waals surface area contributed by atoms with Crippen LogP contribution in [0.3, 0.4) is 0 Å². The van der Waals surface area contributed by atoms with Crippen molar-refractivity contribution in [3.8, 4) is 0 Å². The zero-order valence-corrected chi connectivity index (χ0v) is 11.4. The molecule has 0 saturated heterocycles. The average molecular weight is 283 g/mol. The lowest BCUT2D eigenvalue weighted by Gasteiger charge is -2.33. The Morgan fingerprint density at radius 1 is 1.50 bits per heavy atom. The van der Waals surface area contributed by atoms with Gasteiger partial charge >= 0.3 is 0 Å². The summed E-state index contributed by atoms with van der Waals surface area (Å²) in [4.78, 5) is 6.95. The SMILES string of the molecule is CCN(CC1CCC1)c1ncccc1CBr. The number of halogens is 1. The van der Waals surface area contributed by atoms with E-state index in [1.807, 2.05) is 12.3 Å². The lowest BCUT2D eigenvalue weighted by molar-refractivity contribution is 0.318. The third-order valence-electron chi connectivity index (χ3n) is 3.40. The Kier molecular flexibility index (Phi) is 4.22. The van der Waals surface area contributed by atoms with Crippen molar-refractivity contribution in [3.63, 3.8) is 0 Å². The minimum atomic E-state index is 0.886. The lowest BCUT2D eigenvalue weighted by atomic mass is 9.85. The van der Waals surface area contributed by atoms with Gasteiger partial charge in [-0.15, -0.1) is 0 Å². The summed E-state index contributed by atoms with van der Waals surface area (Å²) < 4.78 is 0. The van der Waals surface area contributed by atoms with Crippen LogP contribution in [0, 0.1) is 5.92 Å². The molecule has 0 atom stereocenters. The second-order valence-corrected chi connectivity index (χ2v) is 5.02. The number of hydrogen-bond acceptors (Lipinski definition) is 2. The van der Waals surface area contributed by atoms with Crippen molar-refractivity contribution >= 4 is 21.7 Å². The minimum absolute atomic E-state index is 0.886. The molecular weight excluding hydrogens is 264 g/mol. The molecule has 2 nitrogen and oxygen atoms in total. The summed E-state index contributed by atoms with van der Waals surface area (Å²) in [5, 5.41) is 0.886. The van der Waals surface area contributed by atoms with Gasteiger partial charge in [0.15, 0.2) is 0 Å². The first kappa shape index (κ1) is 11.9. The van der Waals surface area contributed by atoms with Gasteiger partial charge in [0.2, 0.25) is 0 Å². The number of rotatable bonds is 5. The first-order valence-electron chi connectivity index (χ1n) is 6.10. The van der Waals surface area contributed by atoms with Crippen molar-refractivity contribution in [1.82, 2.24) is 4.98 Å². The fraction of sp³-hybridized carbons (Fsp3) is 0.615. The van der Waals surface area contributed by atoms with E-state index in [0.717, 1.165) is 23.6 Å². The molecule has 1 aliphatic rings. The van der Waals surface area contributed by atoms with Gasteiger partial charge in [-0.3, -0.25) is 0 Å². The predicted molar refractivity (Wildman–Crippen MR) is 72.1 cm³/mol. The number of aromatic nitrogens is 1. The molecule has 0 spiro atoms. The molecule has 88 valence electrons. The van der Waals surface area contributed by atoms with Crippen LogP contribution >= 0.6 is 15.9 Å². The van der Waals surface area contributed by atoms with Gasteiger partial charge in [-0.05, 0) is 31.7 Å². The Balaban J connectivity index is 2.11. The van der Waals surface area contributed by atoms with Gasteiger partial charge in [0, 0.05) is 30.2 Å². The molecule has 0 unspecified atom stereocenters. The second-order valence-electron chi connectivity index (χ2n) is 4.46. The molecule has 0 bridgehead atoms. The number of pyridine rings is 1. The van der Waals surface area contributed by atoms with Gasteiger partial charge < -0.3 is 4.90 Å². The largest absolute Gasteiger partial charge is 0.356 e. The number of hydrogen-bond donors (Lipinski definition) is 0. The second kappa shape index (κ2) is 5.67. The first-order valence-corrected chi connectivity index (χ1v) is 7.22. The highest BCUT2D eigenvalue weighted by atomic mass is 79.9. The molecule has 16 heavy (non-hydrogen) atoms. The van der Waals surface area contributed by atoms with Crippen molar-refractivity contribution in [1.29, 1.82) is 0 Å². The fourth-order valence-corrected chi connectivity index (χ4v) is 2.61. The van der Waals surface area contributed by atoms with E-state index < -0.39 is 0 Å². The molecule has 0 N–H and O–H groups in total. The van der Waals surface area contributed by atoms with Crippen molar-refractivity contribution in [2.24, 2.45) is 5.92 Å². The average Bonchev–Trinajstić information content (AvgIpc) is 2.28. The quantitative estimate of drug-likeness (QED) is 0.767. The Bertz CT molecular complexity index is 336. The van der Waals surface area contributed by atoms with Crippen molar-refractivity contribution < 1.29 is 0 Å². The van der Waals surface area contributed by atoms with Gasteiger partial charge in [-0.1, -0.05) is 28.4 Å². The predicted octanol–water partition coefficient (Wildman–Crippen LogP) is 3.60. The first-order chi connectivity index (χ1) is 7.85. The van der Waals surface area contributed by atoms with E-state index in [1.165, 1.54) is 31.4 Å². The maximum Gasteiger partial charge on any atom is 0.132 e. The van der Waals surface area contributed by atoms with Crippen LogP contribution in [0.15, 0.2) is 18.3 Å². The summed E-state index contributed by atoms with van der Waals surface area (Å²) in [6, 6.07) is 4.16. The molecule has 0 amide bonds. The summed E-state index contributed by atoms with van der Waals surface area (Å²) in [5.74, 6) is 2.05. The summed E-state index contributed by atoms with van der Waals surface area (Å²) >= 11 is 3.54.